The Balaban J connectivity index is 1.13. The molecule has 0 atom stereocenters. The maximum Gasteiger partial charge on any atom is 0.0546 e. The molecule has 1 nitrogen and oxygen atoms in total. The molecule has 63 heavy (non-hydrogen) atoms. The zero-order valence-corrected chi connectivity index (χ0v) is 34.6. The van der Waals surface area contributed by atoms with Crippen LogP contribution in [0.15, 0.2) is 249 Å². The topological polar surface area (TPSA) is 3.24 Å². The van der Waals surface area contributed by atoms with Crippen LogP contribution in [0, 0.1) is 0 Å². The highest BCUT2D eigenvalue weighted by molar-refractivity contribution is 6.22. The van der Waals surface area contributed by atoms with Crippen LogP contribution in [0.3, 0.4) is 0 Å². The predicted octanol–water partition coefficient (Wildman–Crippen LogP) is 17.6. The van der Waals surface area contributed by atoms with Crippen LogP contribution in [0.4, 0.5) is 17.1 Å². The van der Waals surface area contributed by atoms with Crippen LogP contribution in [0.1, 0.15) is 0 Å². The lowest BCUT2D eigenvalue weighted by Crippen LogP contribution is -2.12. The molecule has 0 aromatic heterocycles. The highest BCUT2D eigenvalue weighted by atomic mass is 15.1. The molecule has 0 radical (unpaired) electrons. The van der Waals surface area contributed by atoms with Gasteiger partial charge in [0.25, 0.3) is 0 Å². The molecule has 12 aromatic rings. The molecule has 0 aliphatic heterocycles. The summed E-state index contributed by atoms with van der Waals surface area (Å²) in [5, 5.41) is 12.3. The highest BCUT2D eigenvalue weighted by Crippen LogP contribution is 2.49. The van der Waals surface area contributed by atoms with Crippen molar-refractivity contribution in [3.8, 4) is 44.5 Å². The van der Waals surface area contributed by atoms with Crippen LogP contribution >= 0.6 is 0 Å². The molecule has 0 unspecified atom stereocenters. The lowest BCUT2D eigenvalue weighted by molar-refractivity contribution is 1.31. The molecule has 0 N–H and O–H groups in total. The molecule has 12 rings (SSSR count). The second-order valence-corrected chi connectivity index (χ2v) is 16.4. The molecule has 12 aromatic carbocycles. The van der Waals surface area contributed by atoms with E-state index in [0.29, 0.717) is 0 Å². The summed E-state index contributed by atoms with van der Waals surface area (Å²) in [5.41, 5.74) is 13.0. The van der Waals surface area contributed by atoms with Gasteiger partial charge in [0.05, 0.1) is 11.4 Å². The summed E-state index contributed by atoms with van der Waals surface area (Å²) in [6, 6.07) is 91.2. The number of nitrogens with zero attached hydrogens (tertiary/aromatic N) is 1. The van der Waals surface area contributed by atoms with E-state index < -0.39 is 0 Å². The molecule has 0 saturated heterocycles. The summed E-state index contributed by atoms with van der Waals surface area (Å²) in [5.74, 6) is 0. The summed E-state index contributed by atoms with van der Waals surface area (Å²) >= 11 is 0. The smallest absolute Gasteiger partial charge is 0.0546 e. The minimum absolute atomic E-state index is 1.10. The molecule has 0 amide bonds. The van der Waals surface area contributed by atoms with Crippen molar-refractivity contribution in [2.75, 3.05) is 4.90 Å². The van der Waals surface area contributed by atoms with Gasteiger partial charge >= 0.3 is 0 Å². The molecular weight excluding hydrogens is 759 g/mol. The van der Waals surface area contributed by atoms with Gasteiger partial charge in [-0.05, 0) is 124 Å². The van der Waals surface area contributed by atoms with E-state index in [0.717, 1.165) is 28.2 Å². The Bertz CT molecular complexity index is 3670. The van der Waals surface area contributed by atoms with E-state index in [1.165, 1.54) is 87.2 Å². The van der Waals surface area contributed by atoms with Gasteiger partial charge in [0, 0.05) is 16.6 Å². The summed E-state index contributed by atoms with van der Waals surface area (Å²) in [4.78, 5) is 2.49. The van der Waals surface area contributed by atoms with Gasteiger partial charge in [-0.2, -0.15) is 0 Å². The molecule has 0 aliphatic carbocycles. The third-order valence-corrected chi connectivity index (χ3v) is 12.8. The second-order valence-electron chi connectivity index (χ2n) is 16.4. The molecule has 0 heterocycles. The fraction of sp³-hybridized carbons (Fsp3) is 0. The van der Waals surface area contributed by atoms with E-state index in [4.69, 9.17) is 0 Å². The Hall–Kier alpha value is -8.26. The molecule has 0 fully saturated rings. The second kappa shape index (κ2) is 15.3. The first-order valence-corrected chi connectivity index (χ1v) is 21.8. The number of fused-ring (bicyclic) bond motifs is 7. The fourth-order valence-electron chi connectivity index (χ4n) is 9.89. The SMILES string of the molecule is c1ccc(-c2ccc3cc(N(c4ccccc4-c4ccc5c(c4)c(-c4ccccc4)c(-c4ccccc4)c4ccccc45)c4cc5ccccc5c5ccccc45)ccc3c2)cc1. The Morgan fingerprint density at radius 3 is 1.46 bits per heavy atom. The Labute approximate surface area is 367 Å². The van der Waals surface area contributed by atoms with Crippen LogP contribution < -0.4 is 4.90 Å². The van der Waals surface area contributed by atoms with Crippen molar-refractivity contribution in [3.05, 3.63) is 249 Å². The summed E-state index contributed by atoms with van der Waals surface area (Å²) in [6.07, 6.45) is 0. The molecular formula is C62H41N. The lowest BCUT2D eigenvalue weighted by atomic mass is 9.84. The molecule has 0 aliphatic rings. The van der Waals surface area contributed by atoms with Crippen molar-refractivity contribution < 1.29 is 0 Å². The van der Waals surface area contributed by atoms with Crippen LogP contribution in [0.2, 0.25) is 0 Å². The van der Waals surface area contributed by atoms with Crippen LogP contribution in [-0.2, 0) is 0 Å². The standard InChI is InChI=1S/C62H41N/c1-4-18-42(19-5-1)45-32-33-47-39-50(36-34-46(47)38-45)63(60-41-48-24-10-11-25-51(48)53-27-12-14-29-56(53)60)59-31-17-16-26-52(59)49-35-37-55-54-28-13-15-30-57(54)61(43-20-6-2-7-21-43)62(58(55)40-49)44-22-8-3-9-23-44/h1-41H. The lowest BCUT2D eigenvalue weighted by Gasteiger charge is -2.30. The number of hydrogen-bond acceptors (Lipinski definition) is 1. The van der Waals surface area contributed by atoms with E-state index in [-0.39, 0.29) is 0 Å². The van der Waals surface area contributed by atoms with Gasteiger partial charge in [-0.3, -0.25) is 0 Å². The third-order valence-electron chi connectivity index (χ3n) is 12.8. The van der Waals surface area contributed by atoms with Gasteiger partial charge in [-0.25, -0.2) is 0 Å². The zero-order chi connectivity index (χ0) is 41.7. The maximum atomic E-state index is 2.49. The average molecular weight is 800 g/mol. The molecule has 0 spiro atoms. The summed E-state index contributed by atoms with van der Waals surface area (Å²) < 4.78 is 0. The number of hydrogen-bond donors (Lipinski definition) is 0. The molecule has 0 bridgehead atoms. The number of para-hydroxylation sites is 1. The van der Waals surface area contributed by atoms with E-state index in [1.54, 1.807) is 0 Å². The monoisotopic (exact) mass is 799 g/mol. The van der Waals surface area contributed by atoms with E-state index in [1.807, 2.05) is 0 Å². The van der Waals surface area contributed by atoms with Gasteiger partial charge in [0.1, 0.15) is 0 Å². The van der Waals surface area contributed by atoms with Crippen molar-refractivity contribution in [2.45, 2.75) is 0 Å². The molecule has 1 heteroatoms. The van der Waals surface area contributed by atoms with Crippen molar-refractivity contribution >= 4 is 70.9 Å². The Morgan fingerprint density at radius 2 is 0.730 bits per heavy atom. The zero-order valence-electron chi connectivity index (χ0n) is 34.6. The van der Waals surface area contributed by atoms with Gasteiger partial charge < -0.3 is 4.90 Å². The third kappa shape index (κ3) is 6.33. The maximum absolute atomic E-state index is 2.49. The van der Waals surface area contributed by atoms with Crippen molar-refractivity contribution in [1.82, 2.24) is 0 Å². The van der Waals surface area contributed by atoms with Crippen molar-refractivity contribution in [3.63, 3.8) is 0 Å². The van der Waals surface area contributed by atoms with E-state index in [9.17, 15) is 0 Å². The van der Waals surface area contributed by atoms with Crippen LogP contribution in [-0.4, -0.2) is 0 Å². The van der Waals surface area contributed by atoms with Crippen molar-refractivity contribution in [2.24, 2.45) is 0 Å². The quantitative estimate of drug-likeness (QED) is 0.145. The predicted molar refractivity (Wildman–Crippen MR) is 270 cm³/mol. The first-order chi connectivity index (χ1) is 31.3. The molecule has 0 saturated carbocycles. The highest BCUT2D eigenvalue weighted by Gasteiger charge is 2.23. The number of anilines is 3. The van der Waals surface area contributed by atoms with Crippen LogP contribution in [0.5, 0.6) is 0 Å². The first kappa shape index (κ1) is 36.6. The van der Waals surface area contributed by atoms with Gasteiger partial charge in [0.2, 0.25) is 0 Å². The van der Waals surface area contributed by atoms with Gasteiger partial charge in [-0.1, -0.05) is 212 Å². The molecule has 294 valence electrons. The van der Waals surface area contributed by atoms with Gasteiger partial charge in [0.15, 0.2) is 0 Å². The average Bonchev–Trinajstić information content (AvgIpc) is 3.36. The Kier molecular flexibility index (Phi) is 8.90. The van der Waals surface area contributed by atoms with E-state index in [2.05, 4.69) is 254 Å². The number of benzene rings is 12. The largest absolute Gasteiger partial charge is 0.309 e. The van der Waals surface area contributed by atoms with Crippen molar-refractivity contribution in [1.29, 1.82) is 0 Å². The minimum atomic E-state index is 1.10. The van der Waals surface area contributed by atoms with Gasteiger partial charge in [-0.15, -0.1) is 0 Å². The normalized spacial score (nSPS) is 11.5. The summed E-state index contributed by atoms with van der Waals surface area (Å²) in [7, 11) is 0. The fourth-order valence-corrected chi connectivity index (χ4v) is 9.89. The minimum Gasteiger partial charge on any atom is -0.309 e. The van der Waals surface area contributed by atoms with Crippen LogP contribution in [0.25, 0.3) is 98.4 Å². The van der Waals surface area contributed by atoms with E-state index >= 15 is 0 Å². The Morgan fingerprint density at radius 1 is 0.222 bits per heavy atom. The summed E-state index contributed by atoms with van der Waals surface area (Å²) in [6.45, 7) is 0. The first-order valence-electron chi connectivity index (χ1n) is 21.8. The number of rotatable bonds is 7.